The van der Waals surface area contributed by atoms with Gasteiger partial charge < -0.3 is 14.8 Å². The molecule has 1 N–H and O–H groups in total. The number of methoxy groups -OCH3 is 1. The van der Waals surface area contributed by atoms with Gasteiger partial charge in [-0.15, -0.1) is 0 Å². The van der Waals surface area contributed by atoms with Gasteiger partial charge in [0.25, 0.3) is 11.8 Å². The highest BCUT2D eigenvalue weighted by atomic mass is 19.4. The van der Waals surface area contributed by atoms with Crippen LogP contribution in [-0.2, 0) is 6.54 Å². The second-order valence-electron chi connectivity index (χ2n) is 5.75. The number of fused-ring (bicyclic) bond motifs is 1. The van der Waals surface area contributed by atoms with Crippen LogP contribution in [0.25, 0.3) is 10.9 Å². The van der Waals surface area contributed by atoms with Crippen molar-refractivity contribution in [3.63, 3.8) is 0 Å². The Hall–Kier alpha value is -3.37. The first kappa shape index (κ1) is 19.4. The lowest BCUT2D eigenvalue weighted by Crippen LogP contribution is -2.20. The van der Waals surface area contributed by atoms with Gasteiger partial charge in [0.05, 0.1) is 24.6 Å². The molecule has 8 nitrogen and oxygen atoms in total. The monoisotopic (exact) mass is 395 g/mol. The fourth-order valence-corrected chi connectivity index (χ4v) is 2.53. The lowest BCUT2D eigenvalue weighted by atomic mass is 10.2. The predicted molar refractivity (Wildman–Crippen MR) is 92.4 cm³/mol. The Morgan fingerprint density at radius 1 is 1.32 bits per heavy atom. The minimum absolute atomic E-state index is 0.0752. The lowest BCUT2D eigenvalue weighted by Gasteiger charge is -2.12. The van der Waals surface area contributed by atoms with Gasteiger partial charge in [0.1, 0.15) is 5.69 Å². The second kappa shape index (κ2) is 7.71. The van der Waals surface area contributed by atoms with Gasteiger partial charge in [0.2, 0.25) is 0 Å². The third-order valence-corrected chi connectivity index (χ3v) is 3.74. The van der Waals surface area contributed by atoms with Crippen LogP contribution in [0.1, 0.15) is 16.1 Å². The molecule has 1 amide bonds. The molecule has 0 spiro atoms. The normalized spacial score (nSPS) is 11.5. The predicted octanol–water partition coefficient (Wildman–Crippen LogP) is 2.18. The number of amides is 1. The van der Waals surface area contributed by atoms with Crippen molar-refractivity contribution < 1.29 is 27.4 Å². The Kier molecular flexibility index (Phi) is 5.34. The molecule has 28 heavy (non-hydrogen) atoms. The van der Waals surface area contributed by atoms with Crippen LogP contribution in [-0.4, -0.2) is 52.6 Å². The first-order chi connectivity index (χ1) is 13.3. The lowest BCUT2D eigenvalue weighted by molar-refractivity contribution is -0.154. The summed E-state index contributed by atoms with van der Waals surface area (Å²) in [5, 5.41) is 7.47. The number of hydrogen-bond donors (Lipinski definition) is 1. The summed E-state index contributed by atoms with van der Waals surface area (Å²) < 4.78 is 48.3. The highest BCUT2D eigenvalue weighted by molar-refractivity contribution is 6.03. The van der Waals surface area contributed by atoms with Crippen molar-refractivity contribution in [1.82, 2.24) is 25.1 Å². The molecular formula is C17H16F3N5O3. The highest BCUT2D eigenvalue weighted by Crippen LogP contribution is 2.27. The summed E-state index contributed by atoms with van der Waals surface area (Å²) in [5.41, 5.74) is 1.45. The Morgan fingerprint density at radius 2 is 2.11 bits per heavy atom. The van der Waals surface area contributed by atoms with E-state index in [1.54, 1.807) is 16.9 Å². The quantitative estimate of drug-likeness (QED) is 0.688. The van der Waals surface area contributed by atoms with Crippen LogP contribution in [0.4, 0.5) is 13.2 Å². The summed E-state index contributed by atoms with van der Waals surface area (Å²) in [7, 11) is 2.82. The maximum atomic E-state index is 12.3. The van der Waals surface area contributed by atoms with E-state index in [1.165, 1.54) is 32.6 Å². The van der Waals surface area contributed by atoms with Gasteiger partial charge in [0.15, 0.2) is 12.4 Å². The minimum Gasteiger partial charge on any atom is -0.491 e. The van der Waals surface area contributed by atoms with E-state index in [0.717, 1.165) is 0 Å². The maximum Gasteiger partial charge on any atom is 0.422 e. The summed E-state index contributed by atoms with van der Waals surface area (Å²) in [6.07, 6.45) is 0.0462. The summed E-state index contributed by atoms with van der Waals surface area (Å²) in [6.45, 7) is -1.21. The Bertz CT molecular complexity index is 1000. The van der Waals surface area contributed by atoms with Crippen molar-refractivity contribution in [3.05, 3.63) is 42.0 Å². The molecule has 0 unspecified atom stereocenters. The van der Waals surface area contributed by atoms with E-state index in [4.69, 9.17) is 4.74 Å². The molecule has 3 aromatic heterocycles. The summed E-state index contributed by atoms with van der Waals surface area (Å²) in [4.78, 5) is 19.9. The molecular weight excluding hydrogens is 379 g/mol. The number of nitrogens with zero attached hydrogens (tertiary/aromatic N) is 4. The summed E-state index contributed by atoms with van der Waals surface area (Å²) in [6, 6.07) is 3.19. The molecule has 0 bridgehead atoms. The third kappa shape index (κ3) is 4.30. The van der Waals surface area contributed by atoms with Gasteiger partial charge in [0, 0.05) is 25.6 Å². The second-order valence-corrected chi connectivity index (χ2v) is 5.75. The van der Waals surface area contributed by atoms with E-state index < -0.39 is 12.8 Å². The topological polar surface area (TPSA) is 91.2 Å². The van der Waals surface area contributed by atoms with Gasteiger partial charge in [-0.25, -0.2) is 4.98 Å². The molecule has 3 heterocycles. The minimum atomic E-state index is -4.48. The van der Waals surface area contributed by atoms with Gasteiger partial charge in [-0.2, -0.15) is 18.3 Å². The van der Waals surface area contributed by atoms with E-state index in [-0.39, 0.29) is 29.8 Å². The van der Waals surface area contributed by atoms with E-state index in [9.17, 15) is 18.0 Å². The number of carbonyl (C=O) groups is 1. The van der Waals surface area contributed by atoms with E-state index in [0.29, 0.717) is 16.5 Å². The van der Waals surface area contributed by atoms with Gasteiger partial charge in [-0.05, 0) is 17.7 Å². The van der Waals surface area contributed by atoms with Crippen molar-refractivity contribution in [2.24, 2.45) is 0 Å². The van der Waals surface area contributed by atoms with Crippen molar-refractivity contribution in [1.29, 1.82) is 0 Å². The zero-order valence-corrected chi connectivity index (χ0v) is 14.9. The molecule has 3 aromatic rings. The standard InChI is InChI=1S/C17H16F3N5O3/c1-21-15(26)14-11-8-25(24-12(11)3-4-22-14)7-10-5-13(27-2)16(23-6-10)28-9-17(18,19)20/h3-6,8H,7,9H2,1-2H3,(H,21,26). The van der Waals surface area contributed by atoms with Crippen LogP contribution in [0.5, 0.6) is 11.6 Å². The first-order valence-corrected chi connectivity index (χ1v) is 8.07. The van der Waals surface area contributed by atoms with Crippen molar-refractivity contribution in [2.45, 2.75) is 12.7 Å². The van der Waals surface area contributed by atoms with Crippen molar-refractivity contribution in [2.75, 3.05) is 20.8 Å². The van der Waals surface area contributed by atoms with E-state index in [2.05, 4.69) is 25.1 Å². The zero-order chi connectivity index (χ0) is 20.3. The van der Waals surface area contributed by atoms with Gasteiger partial charge in [-0.3, -0.25) is 14.5 Å². The highest BCUT2D eigenvalue weighted by Gasteiger charge is 2.29. The molecule has 0 atom stereocenters. The molecule has 0 fully saturated rings. The molecule has 148 valence electrons. The van der Waals surface area contributed by atoms with Crippen LogP contribution < -0.4 is 14.8 Å². The van der Waals surface area contributed by atoms with Crippen LogP contribution in [0, 0.1) is 0 Å². The van der Waals surface area contributed by atoms with Crippen LogP contribution in [0.2, 0.25) is 0 Å². The molecule has 0 radical (unpaired) electrons. The molecule has 3 rings (SSSR count). The maximum absolute atomic E-state index is 12.3. The molecule has 0 saturated heterocycles. The molecule has 0 aliphatic carbocycles. The van der Waals surface area contributed by atoms with Crippen molar-refractivity contribution >= 4 is 16.8 Å². The van der Waals surface area contributed by atoms with Crippen LogP contribution >= 0.6 is 0 Å². The number of nitrogens with one attached hydrogen (secondary N) is 1. The number of rotatable bonds is 6. The molecule has 0 aromatic carbocycles. The van der Waals surface area contributed by atoms with Crippen LogP contribution in [0.3, 0.4) is 0 Å². The van der Waals surface area contributed by atoms with Crippen molar-refractivity contribution in [3.8, 4) is 11.6 Å². The fourth-order valence-electron chi connectivity index (χ4n) is 2.53. The Balaban J connectivity index is 1.84. The van der Waals surface area contributed by atoms with Crippen LogP contribution in [0.15, 0.2) is 30.7 Å². The number of ether oxygens (including phenoxy) is 2. The molecule has 0 aliphatic rings. The fraction of sp³-hybridized carbons (Fsp3) is 0.294. The smallest absolute Gasteiger partial charge is 0.422 e. The largest absolute Gasteiger partial charge is 0.491 e. The van der Waals surface area contributed by atoms with Gasteiger partial charge in [-0.1, -0.05) is 0 Å². The van der Waals surface area contributed by atoms with Gasteiger partial charge >= 0.3 is 6.18 Å². The summed E-state index contributed by atoms with van der Waals surface area (Å²) in [5.74, 6) is -0.508. The first-order valence-electron chi connectivity index (χ1n) is 8.07. The summed E-state index contributed by atoms with van der Waals surface area (Å²) >= 11 is 0. The Labute approximate surface area is 157 Å². The third-order valence-electron chi connectivity index (χ3n) is 3.74. The average Bonchev–Trinajstić information content (AvgIpc) is 3.07. The average molecular weight is 395 g/mol. The number of pyridine rings is 2. The molecule has 0 aliphatic heterocycles. The van der Waals surface area contributed by atoms with E-state index >= 15 is 0 Å². The number of hydrogen-bond acceptors (Lipinski definition) is 6. The number of carbonyl (C=O) groups excluding carboxylic acids is 1. The number of aromatic nitrogens is 4. The zero-order valence-electron chi connectivity index (χ0n) is 14.9. The number of halogens is 3. The SMILES string of the molecule is CNC(=O)c1nccc2nn(Cc3cnc(OCC(F)(F)F)c(OC)c3)cc12. The number of alkyl halides is 3. The van der Waals surface area contributed by atoms with E-state index in [1.807, 2.05) is 0 Å². The molecule has 0 saturated carbocycles. The molecule has 11 heteroatoms. The Morgan fingerprint density at radius 3 is 2.79 bits per heavy atom.